The molecule has 3 rings (SSSR count). The van der Waals surface area contributed by atoms with E-state index in [4.69, 9.17) is 0 Å². The molecule has 0 spiro atoms. The number of carbonyl (C=O) groups is 1. The minimum atomic E-state index is 0.0507. The van der Waals surface area contributed by atoms with E-state index < -0.39 is 0 Å². The van der Waals surface area contributed by atoms with Crippen LogP contribution in [0.3, 0.4) is 0 Å². The fourth-order valence-corrected chi connectivity index (χ4v) is 2.77. The molecule has 1 fully saturated rings. The van der Waals surface area contributed by atoms with Crippen LogP contribution < -0.4 is 4.90 Å². The summed E-state index contributed by atoms with van der Waals surface area (Å²) in [6.45, 7) is 2.54. The van der Waals surface area contributed by atoms with Crippen molar-refractivity contribution in [1.82, 2.24) is 9.88 Å². The molecule has 1 aliphatic heterocycles. The maximum absolute atomic E-state index is 12.3. The number of amides is 1. The summed E-state index contributed by atoms with van der Waals surface area (Å²) < 4.78 is 0. The van der Waals surface area contributed by atoms with Gasteiger partial charge in [0.1, 0.15) is 5.69 Å². The van der Waals surface area contributed by atoms with Gasteiger partial charge >= 0.3 is 0 Å². The fraction of sp³-hybridized carbons (Fsp3) is 0.333. The summed E-state index contributed by atoms with van der Waals surface area (Å²) in [4.78, 5) is 20.6. The van der Waals surface area contributed by atoms with Crippen LogP contribution in [-0.4, -0.2) is 35.9 Å². The van der Waals surface area contributed by atoms with E-state index in [0.717, 1.165) is 38.2 Å². The maximum atomic E-state index is 12.3. The van der Waals surface area contributed by atoms with Crippen molar-refractivity contribution in [2.45, 2.75) is 19.4 Å². The molecule has 22 heavy (non-hydrogen) atoms. The van der Waals surface area contributed by atoms with Crippen LogP contribution in [0.15, 0.2) is 48.7 Å². The Morgan fingerprint density at radius 3 is 2.50 bits per heavy atom. The number of hydrogen-bond donors (Lipinski definition) is 0. The van der Waals surface area contributed by atoms with Crippen molar-refractivity contribution in [1.29, 1.82) is 0 Å². The minimum Gasteiger partial charge on any atom is -0.369 e. The van der Waals surface area contributed by atoms with Gasteiger partial charge in [-0.1, -0.05) is 30.3 Å². The summed E-state index contributed by atoms with van der Waals surface area (Å²) in [6, 6.07) is 14.1. The van der Waals surface area contributed by atoms with Crippen LogP contribution in [-0.2, 0) is 6.54 Å². The lowest BCUT2D eigenvalue weighted by Crippen LogP contribution is -2.28. The molecule has 1 amide bonds. The number of pyridine rings is 1. The molecule has 1 aliphatic rings. The summed E-state index contributed by atoms with van der Waals surface area (Å²) in [5.74, 6) is 0.0507. The number of anilines is 1. The third-order valence-corrected chi connectivity index (χ3v) is 4.06. The Hall–Kier alpha value is -2.36. The first-order chi connectivity index (χ1) is 10.7. The molecular formula is C18H21N3O. The molecular weight excluding hydrogens is 274 g/mol. The average Bonchev–Trinajstić information content (AvgIpc) is 3.10. The number of likely N-dealkylation sites (tertiary alicyclic amines) is 1. The van der Waals surface area contributed by atoms with Crippen LogP contribution in [0.4, 0.5) is 5.69 Å². The molecule has 2 aromatic rings. The summed E-state index contributed by atoms with van der Waals surface area (Å²) in [7, 11) is 2.03. The van der Waals surface area contributed by atoms with Crippen LogP contribution in [0.2, 0.25) is 0 Å². The topological polar surface area (TPSA) is 36.4 Å². The minimum absolute atomic E-state index is 0.0507. The highest BCUT2D eigenvalue weighted by molar-refractivity contribution is 5.92. The molecule has 0 atom stereocenters. The largest absolute Gasteiger partial charge is 0.369 e. The molecule has 1 saturated heterocycles. The Balaban J connectivity index is 1.67. The Kier molecular flexibility index (Phi) is 4.37. The van der Waals surface area contributed by atoms with Crippen molar-refractivity contribution < 1.29 is 4.79 Å². The highest BCUT2D eigenvalue weighted by Gasteiger charge is 2.20. The van der Waals surface area contributed by atoms with Gasteiger partial charge in [-0.2, -0.15) is 0 Å². The monoisotopic (exact) mass is 295 g/mol. The predicted molar refractivity (Wildman–Crippen MR) is 87.9 cm³/mol. The number of nitrogens with zero attached hydrogens (tertiary/aromatic N) is 3. The number of benzene rings is 1. The third kappa shape index (κ3) is 3.27. The zero-order valence-electron chi connectivity index (χ0n) is 12.9. The van der Waals surface area contributed by atoms with Crippen molar-refractivity contribution in [3.63, 3.8) is 0 Å². The van der Waals surface area contributed by atoms with Crippen molar-refractivity contribution in [2.24, 2.45) is 0 Å². The van der Waals surface area contributed by atoms with Gasteiger partial charge in [0.25, 0.3) is 5.91 Å². The van der Waals surface area contributed by atoms with Crippen LogP contribution in [0.5, 0.6) is 0 Å². The molecule has 0 radical (unpaired) electrons. The summed E-state index contributed by atoms with van der Waals surface area (Å²) in [6.07, 6.45) is 3.99. The van der Waals surface area contributed by atoms with E-state index in [1.165, 1.54) is 5.56 Å². The van der Waals surface area contributed by atoms with E-state index in [2.05, 4.69) is 22.0 Å². The first-order valence-corrected chi connectivity index (χ1v) is 7.74. The summed E-state index contributed by atoms with van der Waals surface area (Å²) >= 11 is 0. The smallest absolute Gasteiger partial charge is 0.272 e. The standard InChI is InChI=1S/C18H21N3O/c1-20(14-15-7-3-2-4-8-15)16-9-10-17(19-13-16)18(22)21-11-5-6-12-21/h2-4,7-10,13H,5-6,11-12,14H2,1H3. The zero-order chi connectivity index (χ0) is 15.4. The Labute approximate surface area is 131 Å². The molecule has 4 heteroatoms. The van der Waals surface area contributed by atoms with Crippen molar-refractivity contribution in [3.05, 3.63) is 59.9 Å². The Morgan fingerprint density at radius 2 is 1.86 bits per heavy atom. The molecule has 2 heterocycles. The van der Waals surface area contributed by atoms with E-state index >= 15 is 0 Å². The summed E-state index contributed by atoms with van der Waals surface area (Å²) in [5, 5.41) is 0. The third-order valence-electron chi connectivity index (χ3n) is 4.06. The molecule has 0 bridgehead atoms. The van der Waals surface area contributed by atoms with Crippen LogP contribution >= 0.6 is 0 Å². The Bertz CT molecular complexity index is 619. The lowest BCUT2D eigenvalue weighted by atomic mass is 10.2. The van der Waals surface area contributed by atoms with Crippen LogP contribution in [0.25, 0.3) is 0 Å². The lowest BCUT2D eigenvalue weighted by Gasteiger charge is -2.20. The quantitative estimate of drug-likeness (QED) is 0.870. The van der Waals surface area contributed by atoms with Gasteiger partial charge in [0.15, 0.2) is 0 Å². The molecule has 114 valence electrons. The van der Waals surface area contributed by atoms with Gasteiger partial charge in [-0.05, 0) is 30.5 Å². The number of rotatable bonds is 4. The first-order valence-electron chi connectivity index (χ1n) is 7.74. The van der Waals surface area contributed by atoms with Gasteiger partial charge in [0.2, 0.25) is 0 Å². The molecule has 4 nitrogen and oxygen atoms in total. The highest BCUT2D eigenvalue weighted by atomic mass is 16.2. The van der Waals surface area contributed by atoms with Gasteiger partial charge < -0.3 is 9.80 Å². The average molecular weight is 295 g/mol. The maximum Gasteiger partial charge on any atom is 0.272 e. The van der Waals surface area contributed by atoms with E-state index in [0.29, 0.717) is 5.69 Å². The van der Waals surface area contributed by atoms with Gasteiger partial charge in [-0.15, -0.1) is 0 Å². The van der Waals surface area contributed by atoms with Crippen LogP contribution in [0, 0.1) is 0 Å². The SMILES string of the molecule is CN(Cc1ccccc1)c1ccc(C(=O)N2CCCC2)nc1. The molecule has 0 aliphatic carbocycles. The van der Waals surface area contributed by atoms with Crippen LogP contribution in [0.1, 0.15) is 28.9 Å². The number of carbonyl (C=O) groups excluding carboxylic acids is 1. The van der Waals surface area contributed by atoms with Gasteiger partial charge in [0, 0.05) is 26.7 Å². The second-order valence-electron chi connectivity index (χ2n) is 5.74. The molecule has 0 saturated carbocycles. The first kappa shape index (κ1) is 14.6. The highest BCUT2D eigenvalue weighted by Crippen LogP contribution is 2.17. The lowest BCUT2D eigenvalue weighted by molar-refractivity contribution is 0.0787. The molecule has 1 aromatic carbocycles. The molecule has 0 unspecified atom stereocenters. The van der Waals surface area contributed by atoms with E-state index in [1.54, 1.807) is 6.20 Å². The number of aromatic nitrogens is 1. The second-order valence-corrected chi connectivity index (χ2v) is 5.74. The molecule has 0 N–H and O–H groups in total. The second kappa shape index (κ2) is 6.60. The van der Waals surface area contributed by atoms with E-state index in [-0.39, 0.29) is 5.91 Å². The fourth-order valence-electron chi connectivity index (χ4n) is 2.77. The number of hydrogen-bond acceptors (Lipinski definition) is 3. The Morgan fingerprint density at radius 1 is 1.14 bits per heavy atom. The predicted octanol–water partition coefficient (Wildman–Crippen LogP) is 2.95. The van der Waals surface area contributed by atoms with Crippen molar-refractivity contribution >= 4 is 11.6 Å². The van der Waals surface area contributed by atoms with E-state index in [1.807, 2.05) is 42.3 Å². The zero-order valence-corrected chi connectivity index (χ0v) is 12.9. The van der Waals surface area contributed by atoms with Gasteiger partial charge in [-0.3, -0.25) is 4.79 Å². The van der Waals surface area contributed by atoms with E-state index in [9.17, 15) is 4.79 Å². The van der Waals surface area contributed by atoms with Gasteiger partial charge in [-0.25, -0.2) is 4.98 Å². The normalized spacial score (nSPS) is 14.1. The summed E-state index contributed by atoms with van der Waals surface area (Å²) in [5.41, 5.74) is 2.81. The van der Waals surface area contributed by atoms with Crippen molar-refractivity contribution in [3.8, 4) is 0 Å². The molecule has 1 aromatic heterocycles. The van der Waals surface area contributed by atoms with Crippen molar-refractivity contribution in [2.75, 3.05) is 25.0 Å². The van der Waals surface area contributed by atoms with Gasteiger partial charge in [0.05, 0.1) is 11.9 Å².